The lowest BCUT2D eigenvalue weighted by Crippen LogP contribution is -2.65. The minimum absolute atomic E-state index is 0.244. The molecule has 3 rings (SSSR count). The van der Waals surface area contributed by atoms with Crippen LogP contribution in [0.1, 0.15) is 5.56 Å². The third-order valence-corrected chi connectivity index (χ3v) is 3.62. The summed E-state index contributed by atoms with van der Waals surface area (Å²) in [5.74, 6) is 0.0206. The highest BCUT2D eigenvalue weighted by molar-refractivity contribution is 5.54. The van der Waals surface area contributed by atoms with Crippen LogP contribution >= 0.6 is 0 Å². The van der Waals surface area contributed by atoms with Crippen molar-refractivity contribution < 1.29 is 22.7 Å². The molecule has 0 atom stereocenters. The lowest BCUT2D eigenvalue weighted by atomic mass is 9.89. The molecule has 2 heterocycles. The Bertz CT molecular complexity index is 519. The maximum atomic E-state index is 13.7. The van der Waals surface area contributed by atoms with Crippen molar-refractivity contribution in [1.29, 1.82) is 0 Å². The van der Waals surface area contributed by atoms with Crippen LogP contribution < -0.4 is 10.2 Å². The molecule has 20 heavy (non-hydrogen) atoms. The lowest BCUT2D eigenvalue weighted by Gasteiger charge is -2.46. The minimum atomic E-state index is -2.34. The van der Waals surface area contributed by atoms with Gasteiger partial charge in [-0.1, -0.05) is 0 Å². The van der Waals surface area contributed by atoms with Gasteiger partial charge in [-0.15, -0.1) is 0 Å². The highest BCUT2D eigenvalue weighted by Crippen LogP contribution is 2.42. The molecule has 1 saturated heterocycles. The van der Waals surface area contributed by atoms with Gasteiger partial charge in [0.05, 0.1) is 19.3 Å². The molecule has 1 aromatic carbocycles. The number of halogens is 3. The number of alkyl halides is 2. The Labute approximate surface area is 114 Å². The molecule has 2 aliphatic rings. The second kappa shape index (κ2) is 4.82. The molecular weight excluding hydrogens is 273 g/mol. The second-order valence-corrected chi connectivity index (χ2v) is 5.27. The summed E-state index contributed by atoms with van der Waals surface area (Å²) in [7, 11) is 1.40. The van der Waals surface area contributed by atoms with Crippen LogP contribution in [0.15, 0.2) is 12.1 Å². The molecule has 2 aliphatic heterocycles. The SMILES string of the molecule is CONc1cc2c(cc1F)OC1(C2)CN(CC(F)F)C1. The highest BCUT2D eigenvalue weighted by Gasteiger charge is 2.50. The smallest absolute Gasteiger partial charge is 0.251 e. The highest BCUT2D eigenvalue weighted by atomic mass is 19.3. The average molecular weight is 288 g/mol. The molecule has 0 saturated carbocycles. The first-order chi connectivity index (χ1) is 9.51. The van der Waals surface area contributed by atoms with Gasteiger partial charge >= 0.3 is 0 Å². The lowest BCUT2D eigenvalue weighted by molar-refractivity contribution is -0.0812. The molecule has 0 amide bonds. The maximum Gasteiger partial charge on any atom is 0.251 e. The number of hydrogen-bond donors (Lipinski definition) is 1. The van der Waals surface area contributed by atoms with Crippen molar-refractivity contribution in [1.82, 2.24) is 4.90 Å². The van der Waals surface area contributed by atoms with Crippen molar-refractivity contribution in [2.75, 3.05) is 32.2 Å². The van der Waals surface area contributed by atoms with Gasteiger partial charge in [0.2, 0.25) is 0 Å². The van der Waals surface area contributed by atoms with E-state index in [4.69, 9.17) is 9.57 Å². The van der Waals surface area contributed by atoms with E-state index in [0.717, 1.165) is 5.56 Å². The van der Waals surface area contributed by atoms with Crippen LogP contribution in [0, 0.1) is 5.82 Å². The number of fused-ring (bicyclic) bond motifs is 1. The summed E-state index contributed by atoms with van der Waals surface area (Å²) in [6, 6.07) is 2.94. The average Bonchev–Trinajstić information content (AvgIpc) is 2.67. The van der Waals surface area contributed by atoms with Gasteiger partial charge in [0.25, 0.3) is 6.43 Å². The number of hydrogen-bond acceptors (Lipinski definition) is 4. The number of nitrogens with one attached hydrogen (secondary N) is 1. The Morgan fingerprint density at radius 2 is 2.20 bits per heavy atom. The summed E-state index contributed by atoms with van der Waals surface area (Å²) in [6.45, 7) is 0.646. The first-order valence-electron chi connectivity index (χ1n) is 6.32. The van der Waals surface area contributed by atoms with E-state index in [2.05, 4.69) is 5.48 Å². The predicted octanol–water partition coefficient (Wildman–Crippen LogP) is 2.05. The van der Waals surface area contributed by atoms with Crippen molar-refractivity contribution in [3.63, 3.8) is 0 Å². The minimum Gasteiger partial charge on any atom is -0.484 e. The molecule has 1 fully saturated rings. The summed E-state index contributed by atoms with van der Waals surface area (Å²) in [4.78, 5) is 6.34. The normalized spacial score (nSPS) is 19.9. The Hall–Kier alpha value is -1.47. The summed E-state index contributed by atoms with van der Waals surface area (Å²) in [5, 5.41) is 0. The van der Waals surface area contributed by atoms with Crippen LogP contribution in [0.5, 0.6) is 5.75 Å². The van der Waals surface area contributed by atoms with Crippen molar-refractivity contribution in [3.8, 4) is 5.75 Å². The van der Waals surface area contributed by atoms with Crippen molar-refractivity contribution in [3.05, 3.63) is 23.5 Å². The van der Waals surface area contributed by atoms with Gasteiger partial charge < -0.3 is 4.74 Å². The molecule has 4 nitrogen and oxygen atoms in total. The fourth-order valence-corrected chi connectivity index (χ4v) is 2.91. The Morgan fingerprint density at radius 3 is 2.85 bits per heavy atom. The third-order valence-electron chi connectivity index (χ3n) is 3.62. The number of rotatable bonds is 4. The van der Waals surface area contributed by atoms with Gasteiger partial charge in [-0.3, -0.25) is 15.2 Å². The molecular formula is C13H15F3N2O2. The van der Waals surface area contributed by atoms with E-state index in [0.29, 0.717) is 25.3 Å². The molecule has 1 N–H and O–H groups in total. The zero-order valence-corrected chi connectivity index (χ0v) is 11.0. The van der Waals surface area contributed by atoms with E-state index in [1.165, 1.54) is 13.2 Å². The van der Waals surface area contributed by atoms with Gasteiger partial charge in [0, 0.05) is 31.1 Å². The van der Waals surface area contributed by atoms with Gasteiger partial charge in [-0.2, -0.15) is 0 Å². The Kier molecular flexibility index (Phi) is 3.25. The van der Waals surface area contributed by atoms with E-state index in [1.54, 1.807) is 11.0 Å². The molecule has 0 bridgehead atoms. The summed E-state index contributed by atoms with van der Waals surface area (Å²) < 4.78 is 44.0. The fraction of sp³-hybridized carbons (Fsp3) is 0.538. The molecule has 0 aromatic heterocycles. The van der Waals surface area contributed by atoms with Crippen molar-refractivity contribution in [2.45, 2.75) is 18.4 Å². The Balaban J connectivity index is 1.71. The van der Waals surface area contributed by atoms with Gasteiger partial charge in [-0.25, -0.2) is 13.2 Å². The molecule has 0 radical (unpaired) electrons. The van der Waals surface area contributed by atoms with E-state index in [1.807, 2.05) is 0 Å². The summed E-state index contributed by atoms with van der Waals surface area (Å²) >= 11 is 0. The number of likely N-dealkylation sites (tertiary alicyclic amines) is 1. The van der Waals surface area contributed by atoms with Gasteiger partial charge in [0.15, 0.2) is 5.82 Å². The fourth-order valence-electron chi connectivity index (χ4n) is 2.91. The first-order valence-corrected chi connectivity index (χ1v) is 6.32. The van der Waals surface area contributed by atoms with Crippen LogP contribution in [-0.2, 0) is 11.3 Å². The van der Waals surface area contributed by atoms with E-state index in [-0.39, 0.29) is 12.2 Å². The monoisotopic (exact) mass is 288 g/mol. The van der Waals surface area contributed by atoms with Crippen LogP contribution in [0.3, 0.4) is 0 Å². The van der Waals surface area contributed by atoms with E-state index in [9.17, 15) is 13.2 Å². The topological polar surface area (TPSA) is 33.7 Å². The standard InChI is InChI=1S/C13H15F3N2O2/c1-19-17-10-2-8-4-13(20-11(8)3-9(10)14)6-18(7-13)5-12(15)16/h2-3,12,17H,4-7H2,1H3. The summed E-state index contributed by atoms with van der Waals surface area (Å²) in [6.07, 6.45) is -1.74. The van der Waals surface area contributed by atoms with Crippen LogP contribution in [0.25, 0.3) is 0 Å². The van der Waals surface area contributed by atoms with Crippen molar-refractivity contribution >= 4 is 5.69 Å². The number of ether oxygens (including phenoxy) is 1. The third kappa shape index (κ3) is 2.31. The van der Waals surface area contributed by atoms with Gasteiger partial charge in [0.1, 0.15) is 11.4 Å². The molecule has 110 valence electrons. The first kappa shape index (κ1) is 13.5. The van der Waals surface area contributed by atoms with E-state index < -0.39 is 17.8 Å². The molecule has 0 unspecified atom stereocenters. The number of benzene rings is 1. The van der Waals surface area contributed by atoms with Crippen LogP contribution in [-0.4, -0.2) is 43.7 Å². The maximum absolute atomic E-state index is 13.7. The van der Waals surface area contributed by atoms with Crippen LogP contribution in [0.2, 0.25) is 0 Å². The molecule has 1 aromatic rings. The number of nitrogens with zero attached hydrogens (tertiary/aromatic N) is 1. The zero-order valence-electron chi connectivity index (χ0n) is 11.0. The molecule has 1 spiro atoms. The quantitative estimate of drug-likeness (QED) is 0.860. The largest absolute Gasteiger partial charge is 0.484 e. The van der Waals surface area contributed by atoms with Crippen molar-refractivity contribution in [2.24, 2.45) is 0 Å². The molecule has 7 heteroatoms. The van der Waals surface area contributed by atoms with E-state index >= 15 is 0 Å². The van der Waals surface area contributed by atoms with Gasteiger partial charge in [-0.05, 0) is 6.07 Å². The predicted molar refractivity (Wildman–Crippen MR) is 66.5 cm³/mol. The summed E-state index contributed by atoms with van der Waals surface area (Å²) in [5.41, 5.74) is 3.10. The molecule has 0 aliphatic carbocycles. The van der Waals surface area contributed by atoms with Crippen LogP contribution in [0.4, 0.5) is 18.9 Å². The zero-order chi connectivity index (χ0) is 14.3. The number of anilines is 1. The second-order valence-electron chi connectivity index (χ2n) is 5.27. The Morgan fingerprint density at radius 1 is 1.45 bits per heavy atom.